The average Bonchev–Trinajstić information content (AvgIpc) is 3.77. The number of benzene rings is 2. The van der Waals surface area contributed by atoms with E-state index in [1.54, 1.807) is 18.3 Å². The fourth-order valence-electron chi connectivity index (χ4n) is 4.72. The summed E-state index contributed by atoms with van der Waals surface area (Å²) in [5.41, 5.74) is 2.33. The first-order valence-electron chi connectivity index (χ1n) is 12.5. The monoisotopic (exact) mass is 507 g/mol. The van der Waals surface area contributed by atoms with Crippen molar-refractivity contribution >= 4 is 11.8 Å². The van der Waals surface area contributed by atoms with Crippen LogP contribution in [0.3, 0.4) is 0 Å². The van der Waals surface area contributed by atoms with Crippen LogP contribution in [0.1, 0.15) is 36.4 Å². The van der Waals surface area contributed by atoms with Gasteiger partial charge in [0.25, 0.3) is 0 Å². The highest BCUT2D eigenvalue weighted by molar-refractivity contribution is 5.74. The van der Waals surface area contributed by atoms with E-state index in [-0.39, 0.29) is 18.9 Å². The summed E-state index contributed by atoms with van der Waals surface area (Å²) in [4.78, 5) is 22.8. The van der Waals surface area contributed by atoms with Gasteiger partial charge in [-0.25, -0.2) is 9.37 Å². The minimum atomic E-state index is -0.790. The summed E-state index contributed by atoms with van der Waals surface area (Å²) >= 11 is 0. The van der Waals surface area contributed by atoms with Gasteiger partial charge < -0.3 is 24.2 Å². The lowest BCUT2D eigenvalue weighted by Gasteiger charge is -2.29. The summed E-state index contributed by atoms with van der Waals surface area (Å²) in [6.07, 6.45) is 3.83. The minimum absolute atomic E-state index is 0.00851. The van der Waals surface area contributed by atoms with Crippen LogP contribution in [0.25, 0.3) is 11.3 Å². The zero-order chi connectivity index (χ0) is 25.8. The van der Waals surface area contributed by atoms with Gasteiger partial charge in [0.2, 0.25) is 0 Å². The number of carbonyl (C=O) groups is 1. The van der Waals surface area contributed by atoms with Crippen molar-refractivity contribution in [2.75, 3.05) is 38.3 Å². The van der Waals surface area contributed by atoms with Crippen molar-refractivity contribution in [2.24, 2.45) is 5.92 Å². The quantitative estimate of drug-likeness (QED) is 0.423. The van der Waals surface area contributed by atoms with Crippen LogP contribution >= 0.6 is 0 Å². The molecular weight excluding hydrogens is 477 g/mol. The highest BCUT2D eigenvalue weighted by atomic mass is 19.1. The number of anilines is 1. The predicted molar refractivity (Wildman–Crippen MR) is 136 cm³/mol. The molecule has 0 amide bonds. The summed E-state index contributed by atoms with van der Waals surface area (Å²) in [6, 6.07) is 12.2. The van der Waals surface area contributed by atoms with Gasteiger partial charge in [-0.15, -0.1) is 0 Å². The third kappa shape index (κ3) is 5.99. The van der Waals surface area contributed by atoms with Crippen molar-refractivity contribution < 1.29 is 28.5 Å². The number of morpholine rings is 1. The molecule has 1 saturated carbocycles. The average molecular weight is 508 g/mol. The Bertz CT molecular complexity index is 1260. The SMILES string of the molecule is COc1ccc(F)c(-c2ncc(COc3cccc(C(CC(=O)O)C4CC4)c3)nc2N2CCOCC2)c1. The molecule has 0 radical (unpaired) electrons. The molecule has 9 heteroatoms. The molecule has 1 saturated heterocycles. The van der Waals surface area contributed by atoms with Gasteiger partial charge in [0.05, 0.1) is 38.6 Å². The standard InChI is InChI=1S/C28H30FN3O5/c1-35-21-7-8-25(29)24(14-21)27-28(32-9-11-36-12-10-32)31-20(16-30-27)17-37-22-4-2-3-19(13-22)23(15-26(33)34)18-5-6-18/h2-4,7-8,13-14,16,18,23H,5-6,9-12,15,17H2,1H3,(H,33,34). The molecule has 2 aromatic carbocycles. The third-order valence-corrected chi connectivity index (χ3v) is 6.80. The zero-order valence-corrected chi connectivity index (χ0v) is 20.7. The maximum absolute atomic E-state index is 14.8. The van der Waals surface area contributed by atoms with E-state index >= 15 is 0 Å². The van der Waals surface area contributed by atoms with Gasteiger partial charge in [-0.1, -0.05) is 12.1 Å². The van der Waals surface area contributed by atoms with E-state index in [1.807, 2.05) is 29.2 Å². The second-order valence-corrected chi connectivity index (χ2v) is 9.38. The van der Waals surface area contributed by atoms with Crippen LogP contribution in [0, 0.1) is 11.7 Å². The molecule has 1 aliphatic carbocycles. The Morgan fingerprint density at radius 1 is 1.19 bits per heavy atom. The van der Waals surface area contributed by atoms with E-state index < -0.39 is 11.8 Å². The van der Waals surface area contributed by atoms with Gasteiger partial charge in [0, 0.05) is 18.7 Å². The summed E-state index contributed by atoms with van der Waals surface area (Å²) in [5.74, 6) is 0.958. The molecule has 1 unspecified atom stereocenters. The molecule has 0 bridgehead atoms. The number of aromatic nitrogens is 2. The number of hydrogen-bond donors (Lipinski definition) is 1. The number of carboxylic acids is 1. The first-order valence-corrected chi connectivity index (χ1v) is 12.5. The van der Waals surface area contributed by atoms with E-state index in [1.165, 1.54) is 13.2 Å². The van der Waals surface area contributed by atoms with Gasteiger partial charge in [-0.05, 0) is 60.6 Å². The van der Waals surface area contributed by atoms with Crippen molar-refractivity contribution in [3.8, 4) is 22.8 Å². The Morgan fingerprint density at radius 3 is 2.73 bits per heavy atom. The van der Waals surface area contributed by atoms with Crippen LogP contribution in [0.15, 0.2) is 48.7 Å². The first kappa shape index (κ1) is 25.0. The van der Waals surface area contributed by atoms with Gasteiger partial charge in [0.15, 0.2) is 5.82 Å². The lowest BCUT2D eigenvalue weighted by Crippen LogP contribution is -2.37. The number of aliphatic carboxylic acids is 1. The van der Waals surface area contributed by atoms with Crippen molar-refractivity contribution in [3.63, 3.8) is 0 Å². The molecule has 1 N–H and O–H groups in total. The maximum Gasteiger partial charge on any atom is 0.303 e. The van der Waals surface area contributed by atoms with E-state index in [0.29, 0.717) is 66.5 Å². The second kappa shape index (κ2) is 11.1. The lowest BCUT2D eigenvalue weighted by atomic mass is 9.91. The van der Waals surface area contributed by atoms with E-state index in [0.717, 1.165) is 18.4 Å². The van der Waals surface area contributed by atoms with Crippen molar-refractivity contribution in [3.05, 3.63) is 65.7 Å². The molecule has 2 fully saturated rings. The molecule has 0 spiro atoms. The van der Waals surface area contributed by atoms with E-state index in [4.69, 9.17) is 19.2 Å². The molecule has 2 heterocycles. The molecule has 5 rings (SSSR count). The number of rotatable bonds is 10. The van der Waals surface area contributed by atoms with Crippen molar-refractivity contribution in [1.82, 2.24) is 9.97 Å². The second-order valence-electron chi connectivity index (χ2n) is 9.38. The number of nitrogens with zero attached hydrogens (tertiary/aromatic N) is 3. The fourth-order valence-corrected chi connectivity index (χ4v) is 4.72. The molecule has 37 heavy (non-hydrogen) atoms. The van der Waals surface area contributed by atoms with Crippen LogP contribution < -0.4 is 14.4 Å². The van der Waals surface area contributed by atoms with Crippen LogP contribution in [0.4, 0.5) is 10.2 Å². The Morgan fingerprint density at radius 2 is 2.00 bits per heavy atom. The van der Waals surface area contributed by atoms with Crippen molar-refractivity contribution in [1.29, 1.82) is 0 Å². The summed E-state index contributed by atoms with van der Waals surface area (Å²) < 4.78 is 31.7. The third-order valence-electron chi connectivity index (χ3n) is 6.80. The summed E-state index contributed by atoms with van der Waals surface area (Å²) in [6.45, 7) is 2.50. The fraction of sp³-hybridized carbons (Fsp3) is 0.393. The van der Waals surface area contributed by atoms with E-state index in [9.17, 15) is 14.3 Å². The van der Waals surface area contributed by atoms with Gasteiger partial charge >= 0.3 is 5.97 Å². The Balaban J connectivity index is 1.39. The number of ether oxygens (including phenoxy) is 3. The Labute approximate surface area is 215 Å². The maximum atomic E-state index is 14.8. The summed E-state index contributed by atoms with van der Waals surface area (Å²) in [5, 5.41) is 9.34. The molecule has 1 aliphatic heterocycles. The normalized spacial score (nSPS) is 16.3. The zero-order valence-electron chi connectivity index (χ0n) is 20.7. The molecule has 194 valence electrons. The largest absolute Gasteiger partial charge is 0.497 e. The highest BCUT2D eigenvalue weighted by Gasteiger charge is 2.34. The number of halogens is 1. The van der Waals surface area contributed by atoms with Gasteiger partial charge in [0.1, 0.15) is 29.6 Å². The molecule has 2 aliphatic rings. The topological polar surface area (TPSA) is 94.0 Å². The molecule has 3 aromatic rings. The van der Waals surface area contributed by atoms with Crippen LogP contribution in [-0.4, -0.2) is 54.5 Å². The van der Waals surface area contributed by atoms with Crippen LogP contribution in [-0.2, 0) is 16.1 Å². The smallest absolute Gasteiger partial charge is 0.303 e. The minimum Gasteiger partial charge on any atom is -0.497 e. The van der Waals surface area contributed by atoms with Gasteiger partial charge in [-0.2, -0.15) is 0 Å². The molecule has 1 atom stereocenters. The lowest BCUT2D eigenvalue weighted by molar-refractivity contribution is -0.137. The van der Waals surface area contributed by atoms with E-state index in [2.05, 4.69) is 4.98 Å². The predicted octanol–water partition coefficient (Wildman–Crippen LogP) is 4.68. The van der Waals surface area contributed by atoms with Crippen molar-refractivity contribution in [2.45, 2.75) is 31.8 Å². The Kier molecular flexibility index (Phi) is 7.50. The number of carboxylic acid groups (broad SMARTS) is 1. The molecular formula is C28H30FN3O5. The summed E-state index contributed by atoms with van der Waals surface area (Å²) in [7, 11) is 1.54. The van der Waals surface area contributed by atoms with Crippen LogP contribution in [0.2, 0.25) is 0 Å². The number of hydrogen-bond acceptors (Lipinski definition) is 7. The molecule has 1 aromatic heterocycles. The number of methoxy groups -OCH3 is 1. The molecule has 8 nitrogen and oxygen atoms in total. The highest BCUT2D eigenvalue weighted by Crippen LogP contribution is 2.45. The van der Waals surface area contributed by atoms with Gasteiger partial charge in [-0.3, -0.25) is 9.78 Å². The van der Waals surface area contributed by atoms with Crippen LogP contribution in [0.5, 0.6) is 11.5 Å². The Hall–Kier alpha value is -3.72. The first-order chi connectivity index (χ1) is 18.0.